The quantitative estimate of drug-likeness (QED) is 0.459. The second-order valence-electron chi connectivity index (χ2n) is 8.10. The molecule has 1 aliphatic heterocycles. The summed E-state index contributed by atoms with van der Waals surface area (Å²) in [6, 6.07) is 0. The molecule has 0 saturated carbocycles. The van der Waals surface area contributed by atoms with Crippen molar-refractivity contribution in [2.24, 2.45) is 11.8 Å². The van der Waals surface area contributed by atoms with E-state index < -0.39 is 54.7 Å². The molecule has 4 N–H and O–H groups in total. The molecule has 9 heteroatoms. The topological polar surface area (TPSA) is 150 Å². The van der Waals surface area contributed by atoms with Gasteiger partial charge in [0.1, 0.15) is 6.10 Å². The minimum Gasteiger partial charge on any atom is -0.481 e. The average molecular weight is 373 g/mol. The molecule has 0 radical (unpaired) electrons. The maximum absolute atomic E-state index is 12.2. The van der Waals surface area contributed by atoms with Gasteiger partial charge in [-0.3, -0.25) is 19.2 Å². The molecule has 1 rings (SSSR count). The monoisotopic (exact) mass is 373 g/mol. The van der Waals surface area contributed by atoms with Crippen LogP contribution in [0.25, 0.3) is 0 Å². The lowest BCUT2D eigenvalue weighted by molar-refractivity contribution is -0.164. The first-order valence-electron chi connectivity index (χ1n) is 8.39. The normalized spacial score (nSPS) is 21.4. The number of ether oxygens (including phenoxy) is 1. The highest BCUT2D eigenvalue weighted by Crippen LogP contribution is 2.31. The third-order valence-electron chi connectivity index (χ3n) is 4.35. The average Bonchev–Trinajstić information content (AvgIpc) is 2.37. The van der Waals surface area contributed by atoms with Crippen LogP contribution in [0.3, 0.4) is 0 Å². The molecule has 0 amide bonds. The van der Waals surface area contributed by atoms with Crippen molar-refractivity contribution in [3.05, 3.63) is 0 Å². The Bertz CT molecular complexity index is 567. The van der Waals surface area contributed by atoms with Crippen molar-refractivity contribution in [2.45, 2.75) is 70.6 Å². The Balaban J connectivity index is 2.83. The number of carboxylic acids is 3. The van der Waals surface area contributed by atoms with Crippen molar-refractivity contribution in [1.29, 1.82) is 0 Å². The predicted octanol–water partition coefficient (Wildman–Crippen LogP) is 1.11. The number of esters is 1. The number of carbonyl (C=O) groups excluding carboxylic acids is 1. The zero-order valence-corrected chi connectivity index (χ0v) is 15.4. The molecule has 0 aromatic rings. The molecule has 0 aliphatic carbocycles. The van der Waals surface area contributed by atoms with Gasteiger partial charge in [-0.1, -0.05) is 0 Å². The van der Waals surface area contributed by atoms with Crippen LogP contribution in [-0.2, 0) is 23.9 Å². The highest BCUT2D eigenvalue weighted by molar-refractivity contribution is 5.86. The Kier molecular flexibility index (Phi) is 6.76. The van der Waals surface area contributed by atoms with Gasteiger partial charge in [0.05, 0.1) is 24.7 Å². The van der Waals surface area contributed by atoms with Crippen LogP contribution in [0.4, 0.5) is 0 Å². The smallest absolute Gasteiger partial charge is 0.307 e. The molecule has 0 aromatic heterocycles. The summed E-state index contributed by atoms with van der Waals surface area (Å²) in [6.45, 7) is 7.84. The summed E-state index contributed by atoms with van der Waals surface area (Å²) in [5.74, 6) is -8.78. The number of carboxylic acid groups (broad SMARTS) is 3. The zero-order chi connectivity index (χ0) is 20.3. The predicted molar refractivity (Wildman–Crippen MR) is 89.5 cm³/mol. The van der Waals surface area contributed by atoms with E-state index in [0.29, 0.717) is 12.8 Å². The van der Waals surface area contributed by atoms with E-state index >= 15 is 0 Å². The lowest BCUT2D eigenvalue weighted by Gasteiger charge is -2.46. The van der Waals surface area contributed by atoms with Gasteiger partial charge in [0.15, 0.2) is 0 Å². The fraction of sp³-hybridized carbons (Fsp3) is 0.765. The number of nitrogens with one attached hydrogen (secondary N) is 1. The summed E-state index contributed by atoms with van der Waals surface area (Å²) in [6.07, 6.45) is -0.961. The number of hydrogen-bond donors (Lipinski definition) is 4. The number of rotatable bonds is 8. The number of piperidine rings is 1. The highest BCUT2D eigenvalue weighted by atomic mass is 16.5. The van der Waals surface area contributed by atoms with E-state index in [4.69, 9.17) is 14.9 Å². The molecule has 2 atom stereocenters. The van der Waals surface area contributed by atoms with Crippen molar-refractivity contribution >= 4 is 23.9 Å². The van der Waals surface area contributed by atoms with Crippen LogP contribution in [0.1, 0.15) is 53.4 Å². The zero-order valence-electron chi connectivity index (χ0n) is 15.4. The molecule has 1 aliphatic rings. The first-order chi connectivity index (χ1) is 11.7. The summed E-state index contributed by atoms with van der Waals surface area (Å²) >= 11 is 0. The second kappa shape index (κ2) is 8.03. The largest absolute Gasteiger partial charge is 0.481 e. The van der Waals surface area contributed by atoms with Crippen molar-refractivity contribution in [3.8, 4) is 0 Å². The standard InChI is InChI=1S/C17H27NO8/c1-16(2)7-9(8-17(3,4)18-16)26-13(21)6-11(15(24)25)10(14(22)23)5-12(19)20/h9-11,18H,5-8H2,1-4H3,(H,19,20)(H,22,23)(H,24,25). The van der Waals surface area contributed by atoms with Crippen LogP contribution in [0.5, 0.6) is 0 Å². The Labute approximate surface area is 151 Å². The Hall–Kier alpha value is -2.16. The van der Waals surface area contributed by atoms with Crippen LogP contribution in [0, 0.1) is 11.8 Å². The maximum Gasteiger partial charge on any atom is 0.307 e. The summed E-state index contributed by atoms with van der Waals surface area (Å²) in [4.78, 5) is 45.6. The van der Waals surface area contributed by atoms with E-state index in [1.54, 1.807) is 0 Å². The van der Waals surface area contributed by atoms with Gasteiger partial charge in [-0.25, -0.2) is 0 Å². The van der Waals surface area contributed by atoms with Gasteiger partial charge < -0.3 is 25.4 Å². The molecule has 148 valence electrons. The van der Waals surface area contributed by atoms with Gasteiger partial charge in [0, 0.05) is 23.9 Å². The molecule has 1 heterocycles. The SMILES string of the molecule is CC1(C)CC(OC(=O)CC(C(=O)O)C(CC(=O)O)C(=O)O)CC(C)(C)N1. The van der Waals surface area contributed by atoms with Crippen LogP contribution in [-0.4, -0.2) is 56.4 Å². The third kappa shape index (κ3) is 6.62. The Morgan fingerprint density at radius 3 is 1.73 bits per heavy atom. The van der Waals surface area contributed by atoms with E-state index in [1.807, 2.05) is 27.7 Å². The maximum atomic E-state index is 12.2. The first-order valence-corrected chi connectivity index (χ1v) is 8.39. The second-order valence-corrected chi connectivity index (χ2v) is 8.10. The third-order valence-corrected chi connectivity index (χ3v) is 4.35. The fourth-order valence-corrected chi connectivity index (χ4v) is 3.72. The van der Waals surface area contributed by atoms with Gasteiger partial charge in [0.25, 0.3) is 0 Å². The van der Waals surface area contributed by atoms with Gasteiger partial charge in [-0.15, -0.1) is 0 Å². The lowest BCUT2D eigenvalue weighted by atomic mass is 9.81. The van der Waals surface area contributed by atoms with Crippen LogP contribution in [0.2, 0.25) is 0 Å². The molecule has 1 fully saturated rings. The van der Waals surface area contributed by atoms with Crippen molar-refractivity contribution in [3.63, 3.8) is 0 Å². The minimum atomic E-state index is -1.71. The number of aliphatic carboxylic acids is 3. The molecule has 9 nitrogen and oxygen atoms in total. The molecule has 26 heavy (non-hydrogen) atoms. The van der Waals surface area contributed by atoms with Gasteiger partial charge in [0.2, 0.25) is 0 Å². The first kappa shape index (κ1) is 21.9. The number of carbonyl (C=O) groups is 4. The molecule has 1 saturated heterocycles. The van der Waals surface area contributed by atoms with E-state index in [9.17, 15) is 24.3 Å². The van der Waals surface area contributed by atoms with E-state index in [1.165, 1.54) is 0 Å². The van der Waals surface area contributed by atoms with Crippen LogP contribution in [0.15, 0.2) is 0 Å². The van der Waals surface area contributed by atoms with Crippen molar-refractivity contribution in [1.82, 2.24) is 5.32 Å². The highest BCUT2D eigenvalue weighted by Gasteiger charge is 2.41. The number of hydrogen-bond acceptors (Lipinski definition) is 6. The van der Waals surface area contributed by atoms with Crippen molar-refractivity contribution < 1.29 is 39.2 Å². The summed E-state index contributed by atoms with van der Waals surface area (Å²) in [5, 5.41) is 30.6. The van der Waals surface area contributed by atoms with E-state index in [-0.39, 0.29) is 11.1 Å². The summed E-state index contributed by atoms with van der Waals surface area (Å²) in [5.41, 5.74) is -0.572. The van der Waals surface area contributed by atoms with E-state index in [0.717, 1.165) is 0 Å². The van der Waals surface area contributed by atoms with Gasteiger partial charge in [-0.2, -0.15) is 0 Å². The molecule has 0 bridgehead atoms. The lowest BCUT2D eigenvalue weighted by Crippen LogP contribution is -2.59. The molecule has 0 spiro atoms. The summed E-state index contributed by atoms with van der Waals surface area (Å²) in [7, 11) is 0. The van der Waals surface area contributed by atoms with E-state index in [2.05, 4.69) is 5.32 Å². The molecule has 0 aromatic carbocycles. The molecular weight excluding hydrogens is 346 g/mol. The Morgan fingerprint density at radius 2 is 1.35 bits per heavy atom. The van der Waals surface area contributed by atoms with Crippen molar-refractivity contribution in [2.75, 3.05) is 0 Å². The Morgan fingerprint density at radius 1 is 0.923 bits per heavy atom. The van der Waals surface area contributed by atoms with Gasteiger partial charge >= 0.3 is 23.9 Å². The minimum absolute atomic E-state index is 0.286. The molecular formula is C17H27NO8. The van der Waals surface area contributed by atoms with Gasteiger partial charge in [-0.05, 0) is 27.7 Å². The summed E-state index contributed by atoms with van der Waals surface area (Å²) < 4.78 is 5.40. The fourth-order valence-electron chi connectivity index (χ4n) is 3.72. The van der Waals surface area contributed by atoms with Crippen LogP contribution < -0.4 is 5.32 Å². The molecule has 2 unspecified atom stereocenters. The van der Waals surface area contributed by atoms with Crippen LogP contribution >= 0.6 is 0 Å².